The summed E-state index contributed by atoms with van der Waals surface area (Å²) < 4.78 is 0. The first-order valence-corrected chi connectivity index (χ1v) is 7.74. The lowest BCUT2D eigenvalue weighted by Crippen LogP contribution is -2.39. The third-order valence-corrected chi connectivity index (χ3v) is 4.88. The molecule has 108 valence electrons. The molecule has 0 bridgehead atoms. The lowest BCUT2D eigenvalue weighted by Gasteiger charge is -2.32. The minimum atomic E-state index is 0.186. The number of amides is 1. The zero-order valence-corrected chi connectivity index (χ0v) is 12.4. The smallest absolute Gasteiger partial charge is 0.228 e. The Kier molecular flexibility index (Phi) is 3.79. The molecule has 3 heteroatoms. The molecule has 1 heterocycles. The maximum atomic E-state index is 12.1. The monoisotopic (exact) mass is 272 g/mol. The Morgan fingerprint density at radius 1 is 1.30 bits per heavy atom. The van der Waals surface area contributed by atoms with E-state index < -0.39 is 0 Å². The molecule has 3 atom stereocenters. The molecule has 1 fully saturated rings. The van der Waals surface area contributed by atoms with E-state index in [9.17, 15) is 4.79 Å². The quantitative estimate of drug-likeness (QED) is 0.917. The van der Waals surface area contributed by atoms with E-state index >= 15 is 0 Å². The van der Waals surface area contributed by atoms with Gasteiger partial charge in [-0.3, -0.25) is 4.79 Å². The van der Waals surface area contributed by atoms with Gasteiger partial charge in [0.15, 0.2) is 0 Å². The van der Waals surface area contributed by atoms with Crippen LogP contribution in [-0.4, -0.2) is 19.5 Å². The van der Waals surface area contributed by atoms with Gasteiger partial charge in [-0.05, 0) is 42.9 Å². The molecular formula is C17H24N2O. The van der Waals surface area contributed by atoms with Crippen LogP contribution in [0.3, 0.4) is 0 Å². The minimum absolute atomic E-state index is 0.186. The highest BCUT2D eigenvalue weighted by Crippen LogP contribution is 2.35. The van der Waals surface area contributed by atoms with Crippen molar-refractivity contribution < 1.29 is 4.79 Å². The predicted octanol–water partition coefficient (Wildman–Crippen LogP) is 3.12. The first-order chi connectivity index (χ1) is 9.65. The Balaban J connectivity index is 1.70. The topological polar surface area (TPSA) is 32.3 Å². The van der Waals surface area contributed by atoms with Gasteiger partial charge < -0.3 is 10.2 Å². The molecule has 3 nitrogen and oxygen atoms in total. The van der Waals surface area contributed by atoms with Gasteiger partial charge in [0, 0.05) is 25.2 Å². The molecule has 3 unspecified atom stereocenters. The Morgan fingerprint density at radius 3 is 2.85 bits per heavy atom. The molecular weight excluding hydrogens is 248 g/mol. The normalized spacial score (nSPS) is 29.6. The second-order valence-corrected chi connectivity index (χ2v) is 6.46. The standard InChI is InChI=1S/C17H24N2O/c1-12-7-8-13(9-12)11-18-15-10-17(20)19(2)16-6-4-3-5-14(15)16/h3-6,12-13,15,18H,7-11H2,1-2H3. The van der Waals surface area contributed by atoms with E-state index in [-0.39, 0.29) is 11.9 Å². The molecule has 1 aromatic carbocycles. The first kappa shape index (κ1) is 13.6. The highest BCUT2D eigenvalue weighted by atomic mass is 16.2. The largest absolute Gasteiger partial charge is 0.315 e. The van der Waals surface area contributed by atoms with Crippen LogP contribution in [0.4, 0.5) is 5.69 Å². The van der Waals surface area contributed by atoms with Gasteiger partial charge in [0.25, 0.3) is 0 Å². The summed E-state index contributed by atoms with van der Waals surface area (Å²) >= 11 is 0. The number of carbonyl (C=O) groups excluding carboxylic acids is 1. The molecule has 3 rings (SSSR count). The van der Waals surface area contributed by atoms with Crippen molar-refractivity contribution in [2.24, 2.45) is 11.8 Å². The number of rotatable bonds is 3. The van der Waals surface area contributed by atoms with Gasteiger partial charge in [0.1, 0.15) is 0 Å². The molecule has 1 saturated carbocycles. The number of para-hydroxylation sites is 1. The summed E-state index contributed by atoms with van der Waals surface area (Å²) in [5, 5.41) is 3.64. The van der Waals surface area contributed by atoms with Crippen molar-refractivity contribution in [1.29, 1.82) is 0 Å². The number of benzene rings is 1. The summed E-state index contributed by atoms with van der Waals surface area (Å²) in [4.78, 5) is 13.9. The Labute approximate surface area is 121 Å². The maximum Gasteiger partial charge on any atom is 0.228 e. The van der Waals surface area contributed by atoms with Crippen LogP contribution < -0.4 is 10.2 Å². The van der Waals surface area contributed by atoms with Crippen molar-refractivity contribution in [3.05, 3.63) is 29.8 Å². The lowest BCUT2D eigenvalue weighted by atomic mass is 9.95. The van der Waals surface area contributed by atoms with Crippen LogP contribution in [0.2, 0.25) is 0 Å². The second kappa shape index (κ2) is 5.57. The number of fused-ring (bicyclic) bond motifs is 1. The van der Waals surface area contributed by atoms with Crippen molar-refractivity contribution in [3.63, 3.8) is 0 Å². The molecule has 0 spiro atoms. The number of hydrogen-bond donors (Lipinski definition) is 1. The van der Waals surface area contributed by atoms with E-state index in [4.69, 9.17) is 0 Å². The average Bonchev–Trinajstić information content (AvgIpc) is 2.87. The van der Waals surface area contributed by atoms with Gasteiger partial charge in [-0.25, -0.2) is 0 Å². The number of anilines is 1. The van der Waals surface area contributed by atoms with E-state index in [1.54, 1.807) is 4.90 Å². The number of hydrogen-bond acceptors (Lipinski definition) is 2. The molecule has 1 amide bonds. The second-order valence-electron chi connectivity index (χ2n) is 6.46. The van der Waals surface area contributed by atoms with Crippen molar-refractivity contribution >= 4 is 11.6 Å². The third-order valence-electron chi connectivity index (χ3n) is 4.88. The van der Waals surface area contributed by atoms with Gasteiger partial charge in [-0.15, -0.1) is 0 Å². The number of nitrogens with zero attached hydrogens (tertiary/aromatic N) is 1. The van der Waals surface area contributed by atoms with Crippen LogP contribution in [0.5, 0.6) is 0 Å². The summed E-state index contributed by atoms with van der Waals surface area (Å²) in [5.41, 5.74) is 2.32. The Morgan fingerprint density at radius 2 is 2.10 bits per heavy atom. The van der Waals surface area contributed by atoms with Crippen LogP contribution in [0, 0.1) is 11.8 Å². The van der Waals surface area contributed by atoms with Crippen LogP contribution in [0.25, 0.3) is 0 Å². The number of carbonyl (C=O) groups is 1. The summed E-state index contributed by atoms with van der Waals surface area (Å²) in [6, 6.07) is 8.44. The summed E-state index contributed by atoms with van der Waals surface area (Å²) in [6.07, 6.45) is 4.59. The molecule has 0 aromatic heterocycles. The van der Waals surface area contributed by atoms with Crippen molar-refractivity contribution in [2.75, 3.05) is 18.5 Å². The van der Waals surface area contributed by atoms with Crippen LogP contribution >= 0.6 is 0 Å². The fraction of sp³-hybridized carbons (Fsp3) is 0.588. The van der Waals surface area contributed by atoms with Gasteiger partial charge in [-0.1, -0.05) is 31.5 Å². The zero-order chi connectivity index (χ0) is 14.1. The van der Waals surface area contributed by atoms with Gasteiger partial charge in [0.05, 0.1) is 0 Å². The maximum absolute atomic E-state index is 12.1. The summed E-state index contributed by atoms with van der Waals surface area (Å²) in [7, 11) is 1.87. The van der Waals surface area contributed by atoms with Gasteiger partial charge in [-0.2, -0.15) is 0 Å². The average molecular weight is 272 g/mol. The molecule has 0 radical (unpaired) electrons. The van der Waals surface area contributed by atoms with Gasteiger partial charge in [0.2, 0.25) is 5.91 Å². The molecule has 0 saturated heterocycles. The van der Waals surface area contributed by atoms with E-state index in [1.807, 2.05) is 19.2 Å². The molecule has 1 aliphatic carbocycles. The Bertz CT molecular complexity index is 500. The van der Waals surface area contributed by atoms with E-state index in [0.29, 0.717) is 6.42 Å². The summed E-state index contributed by atoms with van der Waals surface area (Å²) in [5.74, 6) is 1.86. The fourth-order valence-electron chi connectivity index (χ4n) is 3.64. The van der Waals surface area contributed by atoms with E-state index in [2.05, 4.69) is 24.4 Å². The highest BCUT2D eigenvalue weighted by Gasteiger charge is 2.29. The molecule has 1 aromatic rings. The molecule has 20 heavy (non-hydrogen) atoms. The van der Waals surface area contributed by atoms with Crippen LogP contribution in [0.1, 0.15) is 44.2 Å². The van der Waals surface area contributed by atoms with E-state index in [0.717, 1.165) is 24.1 Å². The highest BCUT2D eigenvalue weighted by molar-refractivity contribution is 5.96. The number of nitrogens with one attached hydrogen (secondary N) is 1. The van der Waals surface area contributed by atoms with Gasteiger partial charge >= 0.3 is 0 Å². The van der Waals surface area contributed by atoms with Crippen molar-refractivity contribution in [2.45, 2.75) is 38.6 Å². The van der Waals surface area contributed by atoms with Crippen molar-refractivity contribution in [1.82, 2.24) is 5.32 Å². The molecule has 2 aliphatic rings. The summed E-state index contributed by atoms with van der Waals surface area (Å²) in [6.45, 7) is 3.38. The minimum Gasteiger partial charge on any atom is -0.315 e. The fourth-order valence-corrected chi connectivity index (χ4v) is 3.64. The van der Waals surface area contributed by atoms with E-state index in [1.165, 1.54) is 24.8 Å². The first-order valence-electron chi connectivity index (χ1n) is 7.74. The molecule has 1 aliphatic heterocycles. The third kappa shape index (κ3) is 2.59. The predicted molar refractivity (Wildman–Crippen MR) is 81.7 cm³/mol. The van der Waals surface area contributed by atoms with Crippen LogP contribution in [-0.2, 0) is 4.79 Å². The molecule has 1 N–H and O–H groups in total. The Hall–Kier alpha value is -1.35. The lowest BCUT2D eigenvalue weighted by molar-refractivity contribution is -0.119. The van der Waals surface area contributed by atoms with Crippen LogP contribution in [0.15, 0.2) is 24.3 Å². The van der Waals surface area contributed by atoms with Crippen molar-refractivity contribution in [3.8, 4) is 0 Å². The SMILES string of the molecule is CC1CCC(CNC2CC(=O)N(C)c3ccccc32)C1. The zero-order valence-electron chi connectivity index (χ0n) is 12.4.